The molecule has 2 aromatic rings. The normalized spacial score (nSPS) is 14.1. The van der Waals surface area contributed by atoms with Gasteiger partial charge in [0.15, 0.2) is 0 Å². The number of hydrogen-bond acceptors (Lipinski definition) is 4. The van der Waals surface area contributed by atoms with E-state index >= 15 is 0 Å². The Morgan fingerprint density at radius 2 is 2.14 bits per heavy atom. The number of hydrogen-bond donors (Lipinski definition) is 2. The van der Waals surface area contributed by atoms with Crippen LogP contribution >= 0.6 is 11.3 Å². The van der Waals surface area contributed by atoms with Crippen molar-refractivity contribution in [3.8, 4) is 5.75 Å². The van der Waals surface area contributed by atoms with Crippen LogP contribution in [0.3, 0.4) is 0 Å². The van der Waals surface area contributed by atoms with Crippen molar-refractivity contribution in [1.82, 2.24) is 5.32 Å². The zero-order valence-corrected chi connectivity index (χ0v) is 12.4. The van der Waals surface area contributed by atoms with Gasteiger partial charge in [-0.1, -0.05) is 18.2 Å². The van der Waals surface area contributed by atoms with Gasteiger partial charge in [-0.15, -0.1) is 11.3 Å². The molecule has 0 saturated heterocycles. The summed E-state index contributed by atoms with van der Waals surface area (Å²) < 4.78 is 29.0. The van der Waals surface area contributed by atoms with Gasteiger partial charge in [-0.25, -0.2) is 0 Å². The maximum atomic E-state index is 12.3. The van der Waals surface area contributed by atoms with Gasteiger partial charge in [-0.3, -0.25) is 0 Å². The summed E-state index contributed by atoms with van der Waals surface area (Å²) in [6, 6.07) is 10.3. The SMILES string of the molecule is CC(CO)(NCc1cccs1)c1cccc(OC(F)F)c1. The van der Waals surface area contributed by atoms with Crippen molar-refractivity contribution >= 4 is 11.3 Å². The van der Waals surface area contributed by atoms with Gasteiger partial charge in [-0.2, -0.15) is 8.78 Å². The quantitative estimate of drug-likeness (QED) is 0.824. The molecule has 0 saturated carbocycles. The Hall–Kier alpha value is -1.50. The minimum Gasteiger partial charge on any atom is -0.435 e. The predicted molar refractivity (Wildman–Crippen MR) is 78.7 cm³/mol. The van der Waals surface area contributed by atoms with E-state index in [0.29, 0.717) is 12.1 Å². The molecule has 2 rings (SSSR count). The molecule has 0 aliphatic rings. The fourth-order valence-electron chi connectivity index (χ4n) is 1.96. The minimum atomic E-state index is -2.86. The molecule has 114 valence electrons. The van der Waals surface area contributed by atoms with E-state index in [4.69, 9.17) is 0 Å². The Morgan fingerprint density at radius 1 is 1.33 bits per heavy atom. The van der Waals surface area contributed by atoms with Crippen molar-refractivity contribution in [2.75, 3.05) is 6.61 Å². The highest BCUT2D eigenvalue weighted by molar-refractivity contribution is 7.09. The van der Waals surface area contributed by atoms with E-state index in [-0.39, 0.29) is 12.4 Å². The first-order valence-corrected chi connectivity index (χ1v) is 7.35. The number of ether oxygens (including phenoxy) is 1. The van der Waals surface area contributed by atoms with Gasteiger partial charge in [0, 0.05) is 11.4 Å². The number of rotatable bonds is 7. The number of halogens is 2. The van der Waals surface area contributed by atoms with E-state index < -0.39 is 12.2 Å². The summed E-state index contributed by atoms with van der Waals surface area (Å²) in [5.74, 6) is 0.0834. The van der Waals surface area contributed by atoms with E-state index in [2.05, 4.69) is 10.1 Å². The summed E-state index contributed by atoms with van der Waals surface area (Å²) in [7, 11) is 0. The molecule has 2 N–H and O–H groups in total. The number of aliphatic hydroxyl groups is 1. The van der Waals surface area contributed by atoms with Gasteiger partial charge < -0.3 is 15.2 Å². The lowest BCUT2D eigenvalue weighted by atomic mass is 9.92. The Bertz CT molecular complexity index is 563. The second kappa shape index (κ2) is 6.98. The maximum Gasteiger partial charge on any atom is 0.387 e. The van der Waals surface area contributed by atoms with Crippen LogP contribution in [0.25, 0.3) is 0 Å². The van der Waals surface area contributed by atoms with Crippen LogP contribution in [-0.2, 0) is 12.1 Å². The van der Waals surface area contributed by atoms with E-state index in [0.717, 1.165) is 4.88 Å². The molecule has 6 heteroatoms. The van der Waals surface area contributed by atoms with Crippen molar-refractivity contribution in [3.63, 3.8) is 0 Å². The van der Waals surface area contributed by atoms with E-state index in [9.17, 15) is 13.9 Å². The largest absolute Gasteiger partial charge is 0.435 e. The van der Waals surface area contributed by atoms with Gasteiger partial charge in [-0.05, 0) is 36.1 Å². The predicted octanol–water partition coefficient (Wildman–Crippen LogP) is 3.35. The van der Waals surface area contributed by atoms with Crippen molar-refractivity contribution in [1.29, 1.82) is 0 Å². The minimum absolute atomic E-state index is 0.0834. The Labute approximate surface area is 126 Å². The lowest BCUT2D eigenvalue weighted by Gasteiger charge is -2.29. The smallest absolute Gasteiger partial charge is 0.387 e. The van der Waals surface area contributed by atoms with Gasteiger partial charge >= 0.3 is 6.61 Å². The summed E-state index contributed by atoms with van der Waals surface area (Å²) in [5, 5.41) is 14.9. The van der Waals surface area contributed by atoms with E-state index in [1.165, 1.54) is 12.1 Å². The van der Waals surface area contributed by atoms with Gasteiger partial charge in [0.2, 0.25) is 0 Å². The lowest BCUT2D eigenvalue weighted by molar-refractivity contribution is -0.0499. The molecule has 1 unspecified atom stereocenters. The average molecular weight is 313 g/mol. The molecule has 0 radical (unpaired) electrons. The van der Waals surface area contributed by atoms with Crippen LogP contribution in [0, 0.1) is 0 Å². The fourth-order valence-corrected chi connectivity index (χ4v) is 2.60. The molecule has 0 spiro atoms. The first-order chi connectivity index (χ1) is 10.0. The Kier molecular flexibility index (Phi) is 5.27. The third-order valence-electron chi connectivity index (χ3n) is 3.25. The number of alkyl halides is 2. The molecule has 1 aromatic heterocycles. The summed E-state index contributed by atoms with van der Waals surface area (Å²) >= 11 is 1.61. The highest BCUT2D eigenvalue weighted by atomic mass is 32.1. The molecule has 1 heterocycles. The van der Waals surface area contributed by atoms with Crippen LogP contribution < -0.4 is 10.1 Å². The van der Waals surface area contributed by atoms with Gasteiger partial charge in [0.25, 0.3) is 0 Å². The Balaban J connectivity index is 2.14. The van der Waals surface area contributed by atoms with Crippen molar-refractivity contribution in [3.05, 3.63) is 52.2 Å². The molecule has 1 atom stereocenters. The fraction of sp³-hybridized carbons (Fsp3) is 0.333. The van der Waals surface area contributed by atoms with Crippen LogP contribution in [-0.4, -0.2) is 18.3 Å². The second-order valence-corrected chi connectivity index (χ2v) is 5.86. The van der Waals surface area contributed by atoms with Gasteiger partial charge in [0.05, 0.1) is 12.1 Å². The molecular formula is C15H17F2NO2S. The Morgan fingerprint density at radius 3 is 2.76 bits per heavy atom. The molecule has 1 aromatic carbocycles. The molecule has 0 aliphatic heterocycles. The number of thiophene rings is 1. The molecular weight excluding hydrogens is 296 g/mol. The zero-order chi connectivity index (χ0) is 15.3. The highest BCUT2D eigenvalue weighted by Crippen LogP contribution is 2.26. The third-order valence-corrected chi connectivity index (χ3v) is 4.12. The van der Waals surface area contributed by atoms with Crippen molar-refractivity contribution < 1.29 is 18.6 Å². The van der Waals surface area contributed by atoms with Crippen molar-refractivity contribution in [2.24, 2.45) is 0 Å². The van der Waals surface area contributed by atoms with Crippen LogP contribution in [0.5, 0.6) is 5.75 Å². The topological polar surface area (TPSA) is 41.5 Å². The monoisotopic (exact) mass is 313 g/mol. The van der Waals surface area contributed by atoms with Crippen LogP contribution in [0.15, 0.2) is 41.8 Å². The number of benzene rings is 1. The van der Waals surface area contributed by atoms with Crippen LogP contribution in [0.2, 0.25) is 0 Å². The second-order valence-electron chi connectivity index (χ2n) is 4.83. The molecule has 0 aliphatic carbocycles. The first-order valence-electron chi connectivity index (χ1n) is 6.47. The van der Waals surface area contributed by atoms with Crippen molar-refractivity contribution in [2.45, 2.75) is 25.6 Å². The summed E-state index contributed by atoms with van der Waals surface area (Å²) in [5.41, 5.74) is -0.0365. The summed E-state index contributed by atoms with van der Waals surface area (Å²) in [6.07, 6.45) is 0. The van der Waals surface area contributed by atoms with Crippen LogP contribution in [0.1, 0.15) is 17.4 Å². The molecule has 0 fully saturated rings. The van der Waals surface area contributed by atoms with E-state index in [1.807, 2.05) is 24.4 Å². The number of aliphatic hydroxyl groups excluding tert-OH is 1. The zero-order valence-electron chi connectivity index (χ0n) is 11.6. The average Bonchev–Trinajstić information content (AvgIpc) is 2.98. The number of nitrogens with one attached hydrogen (secondary N) is 1. The lowest BCUT2D eigenvalue weighted by Crippen LogP contribution is -2.42. The third kappa shape index (κ3) is 4.23. The maximum absolute atomic E-state index is 12.3. The first kappa shape index (κ1) is 15.9. The highest BCUT2D eigenvalue weighted by Gasteiger charge is 2.26. The molecule has 0 bridgehead atoms. The van der Waals surface area contributed by atoms with E-state index in [1.54, 1.807) is 23.5 Å². The van der Waals surface area contributed by atoms with Crippen LogP contribution in [0.4, 0.5) is 8.78 Å². The molecule has 0 amide bonds. The standard InChI is InChI=1S/C15H17F2NO2S/c1-15(10-19,18-9-13-6-3-7-21-13)11-4-2-5-12(8-11)20-14(16)17/h2-8,14,18-19H,9-10H2,1H3. The summed E-state index contributed by atoms with van der Waals surface area (Å²) in [4.78, 5) is 1.13. The molecule has 3 nitrogen and oxygen atoms in total. The van der Waals surface area contributed by atoms with Gasteiger partial charge in [0.1, 0.15) is 5.75 Å². The molecule has 21 heavy (non-hydrogen) atoms. The summed E-state index contributed by atoms with van der Waals surface area (Å²) in [6.45, 7) is -0.604.